The predicted molar refractivity (Wildman–Crippen MR) is 79.4 cm³/mol. The van der Waals surface area contributed by atoms with Crippen molar-refractivity contribution in [1.82, 2.24) is 10.2 Å². The maximum Gasteiger partial charge on any atom is 0.408 e. The van der Waals surface area contributed by atoms with Gasteiger partial charge < -0.3 is 10.2 Å². The minimum absolute atomic E-state index is 0.0390. The van der Waals surface area contributed by atoms with Crippen LogP contribution < -0.4 is 5.32 Å². The molecule has 2 heterocycles. The van der Waals surface area contributed by atoms with E-state index in [1.807, 2.05) is 11.4 Å². The van der Waals surface area contributed by atoms with Crippen LogP contribution >= 0.6 is 0 Å². The molecule has 1 fully saturated rings. The second-order valence-electron chi connectivity index (χ2n) is 7.25. The highest BCUT2D eigenvalue weighted by Gasteiger charge is 2.46. The van der Waals surface area contributed by atoms with Crippen LogP contribution in [0.3, 0.4) is 0 Å². The Morgan fingerprint density at radius 3 is 2.35 bits per heavy atom. The molecule has 0 bridgehead atoms. The number of nitrogens with zero attached hydrogens (tertiary/aromatic N) is 1. The molecule has 1 saturated heterocycles. The quantitative estimate of drug-likeness (QED) is 0.593. The Hall–Kier alpha value is -1.53. The summed E-state index contributed by atoms with van der Waals surface area (Å²) in [5, 5.41) is 1.93. The van der Waals surface area contributed by atoms with Crippen molar-refractivity contribution in [2.75, 3.05) is 13.1 Å². The first-order chi connectivity index (χ1) is 10.5. The van der Waals surface area contributed by atoms with Crippen LogP contribution in [0.15, 0.2) is 11.6 Å². The number of alkyl halides is 3. The number of carbonyl (C=O) groups excluding carboxylic acids is 2. The number of piperidine rings is 1. The van der Waals surface area contributed by atoms with Gasteiger partial charge in [-0.05, 0) is 24.7 Å². The fourth-order valence-electron chi connectivity index (χ4n) is 3.06. The normalized spacial score (nSPS) is 26.6. The van der Waals surface area contributed by atoms with E-state index in [4.69, 9.17) is 0 Å². The minimum Gasteiger partial charge on any atom is -0.344 e. The first-order valence-corrected chi connectivity index (χ1v) is 7.85. The summed E-state index contributed by atoms with van der Waals surface area (Å²) in [7, 11) is 0. The molecule has 4 nitrogen and oxygen atoms in total. The van der Waals surface area contributed by atoms with Crippen molar-refractivity contribution >= 4 is 11.8 Å². The van der Waals surface area contributed by atoms with Gasteiger partial charge in [0.2, 0.25) is 11.8 Å². The summed E-state index contributed by atoms with van der Waals surface area (Å²) in [5.74, 6) is -2.18. The summed E-state index contributed by atoms with van der Waals surface area (Å²) in [6.07, 6.45) is -2.04. The molecule has 2 rings (SSSR count). The molecule has 130 valence electrons. The van der Waals surface area contributed by atoms with Crippen LogP contribution in [0.2, 0.25) is 0 Å². The van der Waals surface area contributed by atoms with Crippen molar-refractivity contribution in [3.05, 3.63) is 11.6 Å². The van der Waals surface area contributed by atoms with Crippen LogP contribution in [0.5, 0.6) is 0 Å². The van der Waals surface area contributed by atoms with Gasteiger partial charge >= 0.3 is 6.18 Å². The molecule has 0 unspecified atom stereocenters. The van der Waals surface area contributed by atoms with Crippen molar-refractivity contribution in [2.24, 2.45) is 11.3 Å². The fraction of sp³-hybridized carbons (Fsp3) is 0.750. The molecule has 0 aromatic carbocycles. The standard InChI is InChI=1S/C16H23F3N2O2/c1-15(2,3)10-6-8-21(9-7-10)14(23)11-4-5-12(16(17,18)19)20-13(11)22/h6,11-12H,4-5,7-9H2,1-3H3,(H,20,22)/t11-,12+/m0/s1. The topological polar surface area (TPSA) is 49.4 Å². The van der Waals surface area contributed by atoms with Crippen molar-refractivity contribution in [3.63, 3.8) is 0 Å². The van der Waals surface area contributed by atoms with Crippen molar-refractivity contribution in [1.29, 1.82) is 0 Å². The number of rotatable bonds is 1. The first-order valence-electron chi connectivity index (χ1n) is 7.85. The Balaban J connectivity index is 1.98. The van der Waals surface area contributed by atoms with Crippen LogP contribution in [-0.4, -0.2) is 42.0 Å². The van der Waals surface area contributed by atoms with E-state index >= 15 is 0 Å². The lowest BCUT2D eigenvalue weighted by Crippen LogP contribution is -2.55. The molecular weight excluding hydrogens is 309 g/mol. The van der Waals surface area contributed by atoms with Crippen LogP contribution in [0, 0.1) is 11.3 Å². The van der Waals surface area contributed by atoms with Crippen molar-refractivity contribution < 1.29 is 22.8 Å². The molecule has 2 aliphatic heterocycles. The molecule has 0 saturated carbocycles. The van der Waals surface area contributed by atoms with Crippen molar-refractivity contribution in [2.45, 2.75) is 52.3 Å². The van der Waals surface area contributed by atoms with Crippen LogP contribution in [0.25, 0.3) is 0 Å². The van der Waals surface area contributed by atoms with E-state index in [9.17, 15) is 22.8 Å². The van der Waals surface area contributed by atoms with Gasteiger partial charge in [0.05, 0.1) is 0 Å². The summed E-state index contributed by atoms with van der Waals surface area (Å²) < 4.78 is 37.9. The molecule has 7 heteroatoms. The van der Waals surface area contributed by atoms with Gasteiger partial charge in [-0.2, -0.15) is 13.2 Å². The monoisotopic (exact) mass is 332 g/mol. The van der Waals surface area contributed by atoms with Gasteiger partial charge in [0.15, 0.2) is 0 Å². The van der Waals surface area contributed by atoms with E-state index in [-0.39, 0.29) is 24.2 Å². The summed E-state index contributed by atoms with van der Waals surface area (Å²) in [6, 6.07) is -1.84. The van der Waals surface area contributed by atoms with Crippen LogP contribution in [0.1, 0.15) is 40.0 Å². The molecule has 0 spiro atoms. The minimum atomic E-state index is -4.46. The lowest BCUT2D eigenvalue weighted by Gasteiger charge is -2.36. The Kier molecular flexibility index (Phi) is 4.78. The third-order valence-electron chi connectivity index (χ3n) is 4.55. The Morgan fingerprint density at radius 2 is 1.91 bits per heavy atom. The highest BCUT2D eigenvalue weighted by Crippen LogP contribution is 2.32. The van der Waals surface area contributed by atoms with Gasteiger partial charge in [0.1, 0.15) is 12.0 Å². The molecule has 2 amide bonds. The second-order valence-corrected chi connectivity index (χ2v) is 7.25. The Bertz CT molecular complexity index is 520. The number of halogens is 3. The lowest BCUT2D eigenvalue weighted by atomic mass is 9.82. The Morgan fingerprint density at radius 1 is 1.26 bits per heavy atom. The van der Waals surface area contributed by atoms with E-state index < -0.39 is 24.0 Å². The lowest BCUT2D eigenvalue weighted by molar-refractivity contribution is -0.172. The van der Waals surface area contributed by atoms with Gasteiger partial charge in [-0.25, -0.2) is 0 Å². The highest BCUT2D eigenvalue weighted by atomic mass is 19.4. The second kappa shape index (κ2) is 6.17. The number of carbonyl (C=O) groups is 2. The zero-order valence-corrected chi connectivity index (χ0v) is 13.7. The number of nitrogens with one attached hydrogen (secondary N) is 1. The van der Waals surface area contributed by atoms with Gasteiger partial charge in [-0.15, -0.1) is 0 Å². The summed E-state index contributed by atoms with van der Waals surface area (Å²) >= 11 is 0. The van der Waals surface area contributed by atoms with E-state index in [0.717, 1.165) is 6.42 Å². The fourth-order valence-corrected chi connectivity index (χ4v) is 3.06. The van der Waals surface area contributed by atoms with Gasteiger partial charge in [0, 0.05) is 13.1 Å². The maximum atomic E-state index is 12.6. The maximum absolute atomic E-state index is 12.6. The highest BCUT2D eigenvalue weighted by molar-refractivity contribution is 6.01. The van der Waals surface area contributed by atoms with Crippen molar-refractivity contribution in [3.8, 4) is 0 Å². The summed E-state index contributed by atoms with van der Waals surface area (Å²) in [5.41, 5.74) is 1.30. The van der Waals surface area contributed by atoms with E-state index in [1.54, 1.807) is 4.90 Å². The average Bonchev–Trinajstić information content (AvgIpc) is 2.45. The largest absolute Gasteiger partial charge is 0.408 e. The number of hydrogen-bond donors (Lipinski definition) is 1. The van der Waals surface area contributed by atoms with E-state index in [0.29, 0.717) is 13.1 Å². The zero-order valence-electron chi connectivity index (χ0n) is 13.7. The summed E-state index contributed by atoms with van der Waals surface area (Å²) in [4.78, 5) is 25.9. The Labute approximate surface area is 134 Å². The van der Waals surface area contributed by atoms with E-state index in [2.05, 4.69) is 20.8 Å². The predicted octanol–water partition coefficient (Wildman–Crippen LogP) is 2.65. The third-order valence-corrected chi connectivity index (χ3v) is 4.55. The average molecular weight is 332 g/mol. The SMILES string of the molecule is CC(C)(C)C1=CCN(C(=O)[C@H]2CC[C@H](C(F)(F)F)NC2=O)CC1. The number of amides is 2. The van der Waals surface area contributed by atoms with Gasteiger partial charge in [-0.3, -0.25) is 9.59 Å². The number of hydrogen-bond acceptors (Lipinski definition) is 2. The zero-order chi connectivity index (χ0) is 17.4. The molecule has 1 N–H and O–H groups in total. The first kappa shape index (κ1) is 17.8. The smallest absolute Gasteiger partial charge is 0.344 e. The summed E-state index contributed by atoms with van der Waals surface area (Å²) in [6.45, 7) is 7.22. The third kappa shape index (κ3) is 4.06. The van der Waals surface area contributed by atoms with Gasteiger partial charge in [0.25, 0.3) is 0 Å². The molecule has 0 aromatic rings. The molecule has 2 atom stereocenters. The van der Waals surface area contributed by atoms with Gasteiger partial charge in [-0.1, -0.05) is 32.4 Å². The molecule has 0 aromatic heterocycles. The molecule has 0 radical (unpaired) electrons. The van der Waals surface area contributed by atoms with Crippen LogP contribution in [0.4, 0.5) is 13.2 Å². The van der Waals surface area contributed by atoms with Crippen LogP contribution in [-0.2, 0) is 9.59 Å². The molecule has 2 aliphatic rings. The molecule has 23 heavy (non-hydrogen) atoms. The molecular formula is C16H23F3N2O2. The molecule has 0 aliphatic carbocycles. The van der Waals surface area contributed by atoms with E-state index in [1.165, 1.54) is 5.57 Å².